The molecule has 12 heavy (non-hydrogen) atoms. The summed E-state index contributed by atoms with van der Waals surface area (Å²) in [7, 11) is 5.67. The maximum absolute atomic E-state index is 5.67. The first-order valence-corrected chi connectivity index (χ1v) is 4.69. The zero-order valence-corrected chi connectivity index (χ0v) is 8.51. The molecule has 0 atom stereocenters. The van der Waals surface area contributed by atoms with Gasteiger partial charge in [-0.15, -0.1) is 0 Å². The van der Waals surface area contributed by atoms with Gasteiger partial charge < -0.3 is 9.71 Å². The Labute approximate surface area is 77.3 Å². The molecule has 2 nitrogen and oxygen atoms in total. The highest BCUT2D eigenvalue weighted by atomic mass is 15.2. The van der Waals surface area contributed by atoms with Crippen LogP contribution in [-0.2, 0) is 0 Å². The molecule has 3 heteroatoms. The van der Waals surface area contributed by atoms with Gasteiger partial charge in [0.2, 0.25) is 0 Å². The number of rotatable bonds is 1. The molecule has 68 valence electrons. The first-order valence-electron chi connectivity index (χ1n) is 4.69. The fourth-order valence-electron chi connectivity index (χ4n) is 1.59. The summed E-state index contributed by atoms with van der Waals surface area (Å²) in [6.45, 7) is 12.3. The van der Waals surface area contributed by atoms with E-state index in [1.807, 2.05) is 4.81 Å². The lowest BCUT2D eigenvalue weighted by atomic mass is 9.95. The van der Waals surface area contributed by atoms with Crippen LogP contribution in [-0.4, -0.2) is 50.4 Å². The van der Waals surface area contributed by atoms with Gasteiger partial charge in [0.1, 0.15) is 0 Å². The second-order valence-electron chi connectivity index (χ2n) is 4.87. The zero-order valence-electron chi connectivity index (χ0n) is 8.51. The summed E-state index contributed by atoms with van der Waals surface area (Å²) < 4.78 is 0. The van der Waals surface area contributed by atoms with E-state index in [9.17, 15) is 0 Å². The van der Waals surface area contributed by atoms with Gasteiger partial charge in [0.25, 0.3) is 0 Å². The lowest BCUT2D eigenvalue weighted by Gasteiger charge is -2.36. The fourth-order valence-corrected chi connectivity index (χ4v) is 1.59. The van der Waals surface area contributed by atoms with Crippen LogP contribution < -0.4 is 0 Å². The van der Waals surface area contributed by atoms with Gasteiger partial charge in [0, 0.05) is 19.6 Å². The Hall–Kier alpha value is -0.0151. The third-order valence-corrected chi connectivity index (χ3v) is 2.10. The third-order valence-electron chi connectivity index (χ3n) is 2.10. The molecular weight excluding hydrogens is 147 g/mol. The van der Waals surface area contributed by atoms with Crippen LogP contribution in [0.15, 0.2) is 0 Å². The summed E-state index contributed by atoms with van der Waals surface area (Å²) in [4.78, 5) is 4.39. The number of hydrogen-bond donors (Lipinski definition) is 0. The van der Waals surface area contributed by atoms with Gasteiger partial charge in [0.05, 0.1) is 0 Å². The van der Waals surface area contributed by atoms with Crippen LogP contribution in [0.1, 0.15) is 20.8 Å². The molecule has 1 fully saturated rings. The van der Waals surface area contributed by atoms with E-state index in [4.69, 9.17) is 7.98 Å². The van der Waals surface area contributed by atoms with E-state index in [-0.39, 0.29) is 0 Å². The quantitative estimate of drug-likeness (QED) is 0.530. The standard InChI is InChI=1S/C9H19BN2/c1-9(2,3)8-11-4-6-12(10)7-5-11/h4-8H2,1-3H3. The molecule has 0 aromatic rings. The van der Waals surface area contributed by atoms with E-state index in [0.29, 0.717) is 5.41 Å². The lowest BCUT2D eigenvalue weighted by Crippen LogP contribution is -2.47. The minimum Gasteiger partial charge on any atom is -0.351 e. The molecule has 0 aromatic heterocycles. The topological polar surface area (TPSA) is 6.48 Å². The van der Waals surface area contributed by atoms with Crippen LogP contribution in [0, 0.1) is 5.41 Å². The highest BCUT2D eigenvalue weighted by molar-refractivity contribution is 6.04. The lowest BCUT2D eigenvalue weighted by molar-refractivity contribution is 0.142. The molecule has 0 spiro atoms. The van der Waals surface area contributed by atoms with Gasteiger partial charge in [-0.2, -0.15) is 0 Å². The van der Waals surface area contributed by atoms with Crippen LogP contribution in [0.5, 0.6) is 0 Å². The van der Waals surface area contributed by atoms with Crippen LogP contribution >= 0.6 is 0 Å². The monoisotopic (exact) mass is 166 g/mol. The van der Waals surface area contributed by atoms with Crippen molar-refractivity contribution < 1.29 is 0 Å². The van der Waals surface area contributed by atoms with Gasteiger partial charge in [-0.05, 0) is 18.5 Å². The Kier molecular flexibility index (Phi) is 3.19. The van der Waals surface area contributed by atoms with Crippen molar-refractivity contribution in [3.63, 3.8) is 0 Å². The van der Waals surface area contributed by atoms with E-state index in [1.165, 1.54) is 6.54 Å². The fraction of sp³-hybridized carbons (Fsp3) is 1.00. The molecule has 0 amide bonds. The summed E-state index contributed by atoms with van der Waals surface area (Å²) in [5, 5.41) is 0. The molecule has 2 radical (unpaired) electrons. The van der Waals surface area contributed by atoms with Crippen molar-refractivity contribution in [1.82, 2.24) is 9.71 Å². The van der Waals surface area contributed by atoms with Crippen molar-refractivity contribution in [3.8, 4) is 0 Å². The molecule has 1 heterocycles. The summed E-state index contributed by atoms with van der Waals surface area (Å²) in [6.07, 6.45) is 0. The zero-order chi connectivity index (χ0) is 9.19. The van der Waals surface area contributed by atoms with Crippen molar-refractivity contribution in [2.45, 2.75) is 20.8 Å². The van der Waals surface area contributed by atoms with Crippen molar-refractivity contribution in [2.24, 2.45) is 5.41 Å². The SMILES string of the molecule is [B]N1CCN(CC(C)(C)C)CC1. The molecule has 0 aliphatic carbocycles. The largest absolute Gasteiger partial charge is 0.351 e. The summed E-state index contributed by atoms with van der Waals surface area (Å²) >= 11 is 0. The summed E-state index contributed by atoms with van der Waals surface area (Å²) in [6, 6.07) is 0. The average molecular weight is 166 g/mol. The minimum atomic E-state index is 0.413. The van der Waals surface area contributed by atoms with Crippen molar-refractivity contribution in [2.75, 3.05) is 32.7 Å². The summed E-state index contributed by atoms with van der Waals surface area (Å²) in [5.74, 6) is 0. The van der Waals surface area contributed by atoms with Crippen LogP contribution in [0.4, 0.5) is 0 Å². The van der Waals surface area contributed by atoms with E-state index in [2.05, 4.69) is 25.7 Å². The van der Waals surface area contributed by atoms with Gasteiger partial charge >= 0.3 is 0 Å². The van der Waals surface area contributed by atoms with Gasteiger partial charge in [0.15, 0.2) is 7.98 Å². The maximum atomic E-state index is 5.67. The number of piperazine rings is 1. The summed E-state index contributed by atoms with van der Waals surface area (Å²) in [5.41, 5.74) is 0.413. The molecule has 0 bridgehead atoms. The molecule has 0 unspecified atom stereocenters. The maximum Gasteiger partial charge on any atom is 0.182 e. The highest BCUT2D eigenvalue weighted by Gasteiger charge is 2.19. The highest BCUT2D eigenvalue weighted by Crippen LogP contribution is 2.15. The first kappa shape index (κ1) is 10.1. The number of nitrogens with zero attached hydrogens (tertiary/aromatic N) is 2. The van der Waals surface area contributed by atoms with Crippen LogP contribution in [0.25, 0.3) is 0 Å². The Bertz CT molecular complexity index is 134. The average Bonchev–Trinajstić information content (AvgIpc) is 1.91. The molecular formula is C9H19BN2. The Morgan fingerprint density at radius 3 is 2.00 bits per heavy atom. The Balaban J connectivity index is 2.26. The predicted molar refractivity (Wildman–Crippen MR) is 53.2 cm³/mol. The molecule has 0 aromatic carbocycles. The molecule has 1 saturated heterocycles. The van der Waals surface area contributed by atoms with E-state index in [0.717, 1.165) is 26.2 Å². The third kappa shape index (κ3) is 3.59. The molecule has 0 saturated carbocycles. The van der Waals surface area contributed by atoms with E-state index < -0.39 is 0 Å². The second kappa shape index (κ2) is 3.80. The van der Waals surface area contributed by atoms with Crippen LogP contribution in [0.2, 0.25) is 0 Å². The van der Waals surface area contributed by atoms with E-state index in [1.54, 1.807) is 0 Å². The molecule has 1 aliphatic rings. The second-order valence-corrected chi connectivity index (χ2v) is 4.87. The molecule has 0 N–H and O–H groups in total. The number of hydrogen-bond acceptors (Lipinski definition) is 2. The van der Waals surface area contributed by atoms with Gasteiger partial charge in [-0.1, -0.05) is 20.8 Å². The first-order chi connectivity index (χ1) is 5.47. The van der Waals surface area contributed by atoms with Crippen molar-refractivity contribution in [3.05, 3.63) is 0 Å². The smallest absolute Gasteiger partial charge is 0.182 e. The van der Waals surface area contributed by atoms with Crippen molar-refractivity contribution >= 4 is 7.98 Å². The normalized spacial score (nSPS) is 22.9. The predicted octanol–water partition coefficient (Wildman–Crippen LogP) is 0.734. The van der Waals surface area contributed by atoms with Crippen LogP contribution in [0.3, 0.4) is 0 Å². The van der Waals surface area contributed by atoms with Gasteiger partial charge in [-0.3, -0.25) is 0 Å². The molecule has 1 aliphatic heterocycles. The van der Waals surface area contributed by atoms with Crippen molar-refractivity contribution in [1.29, 1.82) is 0 Å². The molecule has 1 rings (SSSR count). The minimum absolute atomic E-state index is 0.413. The Morgan fingerprint density at radius 2 is 1.58 bits per heavy atom. The van der Waals surface area contributed by atoms with E-state index >= 15 is 0 Å². The Morgan fingerprint density at radius 1 is 1.08 bits per heavy atom. The van der Waals surface area contributed by atoms with Gasteiger partial charge in [-0.25, -0.2) is 0 Å².